The van der Waals surface area contributed by atoms with E-state index in [0.29, 0.717) is 24.2 Å². The third kappa shape index (κ3) is 9.23. The van der Waals surface area contributed by atoms with Gasteiger partial charge in [-0.2, -0.15) is 0 Å². The lowest BCUT2D eigenvalue weighted by Crippen LogP contribution is -2.48. The summed E-state index contributed by atoms with van der Waals surface area (Å²) in [6.45, 7) is 5.31. The van der Waals surface area contributed by atoms with Crippen molar-refractivity contribution in [3.05, 3.63) is 101 Å². The second-order valence-corrected chi connectivity index (χ2v) is 13.6. The molecule has 3 aromatic rings. The number of amides is 2. The average molecular weight is 607 g/mol. The van der Waals surface area contributed by atoms with Crippen LogP contribution < -0.4 is 10.6 Å². The number of carbonyl (C=O) groups excluding carboxylic acids is 2. The van der Waals surface area contributed by atoms with E-state index in [9.17, 15) is 24.0 Å². The van der Waals surface area contributed by atoms with Crippen molar-refractivity contribution in [3.8, 4) is 0 Å². The zero-order valence-electron chi connectivity index (χ0n) is 25.2. The zero-order chi connectivity index (χ0) is 31.1. The second kappa shape index (κ2) is 14.3. The molecule has 2 amide bonds. The van der Waals surface area contributed by atoms with Gasteiger partial charge >= 0.3 is 6.09 Å². The van der Waals surface area contributed by atoms with E-state index in [0.717, 1.165) is 22.3 Å². The molecule has 0 spiro atoms. The second-order valence-electron chi connectivity index (χ2n) is 12.2. The van der Waals surface area contributed by atoms with Gasteiger partial charge in [0.15, 0.2) is 0 Å². The van der Waals surface area contributed by atoms with Gasteiger partial charge < -0.3 is 25.6 Å². The molecule has 1 aliphatic rings. The summed E-state index contributed by atoms with van der Waals surface area (Å²) < 4.78 is 17.4. The zero-order valence-corrected chi connectivity index (χ0v) is 26.0. The Kier molecular flexibility index (Phi) is 10.8. The van der Waals surface area contributed by atoms with Crippen molar-refractivity contribution in [2.45, 2.75) is 81.2 Å². The number of aliphatic hydroxyl groups excluding tert-OH is 2. The van der Waals surface area contributed by atoms with E-state index in [1.165, 1.54) is 0 Å². The average Bonchev–Trinajstić information content (AvgIpc) is 3.26. The van der Waals surface area contributed by atoms with Crippen LogP contribution in [0.4, 0.5) is 4.79 Å². The van der Waals surface area contributed by atoms with Gasteiger partial charge in [-0.3, -0.25) is 9.00 Å². The summed E-state index contributed by atoms with van der Waals surface area (Å²) in [7, 11) is -1.13. The molecule has 9 heteroatoms. The van der Waals surface area contributed by atoms with Gasteiger partial charge in [0.1, 0.15) is 5.60 Å². The van der Waals surface area contributed by atoms with Crippen LogP contribution in [0, 0.1) is 5.92 Å². The van der Waals surface area contributed by atoms with E-state index in [1.807, 2.05) is 66.7 Å². The molecule has 6 atom stereocenters. The fourth-order valence-corrected chi connectivity index (χ4v) is 5.99. The highest BCUT2D eigenvalue weighted by molar-refractivity contribution is 7.84. The smallest absolute Gasteiger partial charge is 0.407 e. The molecule has 43 heavy (non-hydrogen) atoms. The molecule has 0 radical (unpaired) electrons. The normalized spacial score (nSPS) is 19.0. The standard InChI is InChI=1S/C34H42N2O6S/c1-34(2,3)42-33(40)35-28(19-22-10-6-5-7-11-22)29(37)21-25(18-23-14-16-26(17-15-23)43(4)41)32(39)36-31-27-13-9-8-12-24(27)20-30(31)38/h5-17,25,28-31,37-38H,18-21H2,1-4H3,(H,35,40)(H,36,39)/t25-,28-,29-,30+,31-,43?/m0/s1. The Labute approximate surface area is 256 Å². The van der Waals surface area contributed by atoms with Crippen molar-refractivity contribution in [1.82, 2.24) is 10.6 Å². The summed E-state index contributed by atoms with van der Waals surface area (Å²) in [6, 6.07) is 23.1. The van der Waals surface area contributed by atoms with Crippen molar-refractivity contribution in [2.24, 2.45) is 5.92 Å². The van der Waals surface area contributed by atoms with Crippen molar-refractivity contribution in [3.63, 3.8) is 0 Å². The largest absolute Gasteiger partial charge is 0.444 e. The lowest BCUT2D eigenvalue weighted by Gasteiger charge is -2.29. The lowest BCUT2D eigenvalue weighted by molar-refractivity contribution is -0.127. The van der Waals surface area contributed by atoms with Gasteiger partial charge in [-0.25, -0.2) is 4.79 Å². The Bertz CT molecular complexity index is 1410. The maximum Gasteiger partial charge on any atom is 0.407 e. The van der Waals surface area contributed by atoms with E-state index < -0.39 is 52.7 Å². The summed E-state index contributed by atoms with van der Waals surface area (Å²) in [6.07, 6.45) is 0.236. The van der Waals surface area contributed by atoms with Crippen molar-refractivity contribution in [1.29, 1.82) is 0 Å². The Morgan fingerprint density at radius 3 is 2.23 bits per heavy atom. The molecule has 4 rings (SSSR count). The minimum atomic E-state index is -1.13. The minimum absolute atomic E-state index is 0.0467. The molecule has 0 aliphatic heterocycles. The van der Waals surface area contributed by atoms with Gasteiger partial charge in [-0.05, 0) is 74.4 Å². The van der Waals surface area contributed by atoms with Crippen LogP contribution in [0.15, 0.2) is 83.8 Å². The number of carbonyl (C=O) groups is 2. The van der Waals surface area contributed by atoms with Crippen LogP contribution in [0.25, 0.3) is 0 Å². The number of alkyl carbamates (subject to hydrolysis) is 1. The van der Waals surface area contributed by atoms with Crippen molar-refractivity contribution >= 4 is 22.8 Å². The summed E-state index contributed by atoms with van der Waals surface area (Å²) in [4.78, 5) is 27.3. The molecule has 3 aromatic carbocycles. The monoisotopic (exact) mass is 606 g/mol. The molecular weight excluding hydrogens is 564 g/mol. The quantitative estimate of drug-likeness (QED) is 0.259. The summed E-state index contributed by atoms with van der Waals surface area (Å²) in [5.74, 6) is -0.995. The molecule has 0 saturated heterocycles. The fraction of sp³-hybridized carbons (Fsp3) is 0.412. The molecular formula is C34H42N2O6S. The van der Waals surface area contributed by atoms with E-state index in [-0.39, 0.29) is 12.3 Å². The van der Waals surface area contributed by atoms with Crippen LogP contribution in [-0.2, 0) is 39.6 Å². The molecule has 1 aliphatic carbocycles. The first-order valence-electron chi connectivity index (χ1n) is 14.6. The first-order valence-corrected chi connectivity index (χ1v) is 16.2. The molecule has 0 fully saturated rings. The number of hydrogen-bond donors (Lipinski definition) is 4. The van der Waals surface area contributed by atoms with Gasteiger partial charge in [-0.15, -0.1) is 0 Å². The van der Waals surface area contributed by atoms with Crippen LogP contribution in [0.3, 0.4) is 0 Å². The third-order valence-electron chi connectivity index (χ3n) is 7.60. The fourth-order valence-electron chi connectivity index (χ4n) is 5.47. The SMILES string of the molecule is CS(=O)c1ccc(C[C@@H](C[C@H](O)[C@H](Cc2ccccc2)NC(=O)OC(C)(C)C)C(=O)N[C@H]2c3ccccc3C[C@H]2O)cc1. The molecule has 230 valence electrons. The molecule has 4 N–H and O–H groups in total. The Morgan fingerprint density at radius 2 is 1.58 bits per heavy atom. The molecule has 1 unspecified atom stereocenters. The van der Waals surface area contributed by atoms with Gasteiger partial charge in [0, 0.05) is 34.3 Å². The van der Waals surface area contributed by atoms with E-state index in [1.54, 1.807) is 39.2 Å². The van der Waals surface area contributed by atoms with Crippen LogP contribution in [0.5, 0.6) is 0 Å². The summed E-state index contributed by atoms with van der Waals surface area (Å²) >= 11 is 0. The number of fused-ring (bicyclic) bond motifs is 1. The van der Waals surface area contributed by atoms with Gasteiger partial charge in [0.05, 0.1) is 24.3 Å². The highest BCUT2D eigenvalue weighted by Gasteiger charge is 2.35. The predicted molar refractivity (Wildman–Crippen MR) is 167 cm³/mol. The molecule has 8 nitrogen and oxygen atoms in total. The van der Waals surface area contributed by atoms with Gasteiger partial charge in [0.25, 0.3) is 0 Å². The summed E-state index contributed by atoms with van der Waals surface area (Å²) in [5, 5.41) is 28.2. The minimum Gasteiger partial charge on any atom is -0.444 e. The topological polar surface area (TPSA) is 125 Å². The summed E-state index contributed by atoms with van der Waals surface area (Å²) in [5.41, 5.74) is 2.91. The molecule has 0 saturated carbocycles. The molecule has 0 bridgehead atoms. The molecule has 0 aromatic heterocycles. The highest BCUT2D eigenvalue weighted by Crippen LogP contribution is 2.32. The van der Waals surface area contributed by atoms with Crippen LogP contribution in [-0.4, -0.2) is 56.5 Å². The number of rotatable bonds is 11. The maximum atomic E-state index is 13.9. The van der Waals surface area contributed by atoms with E-state index in [4.69, 9.17) is 4.74 Å². The number of hydrogen-bond acceptors (Lipinski definition) is 6. The maximum absolute atomic E-state index is 13.9. The number of benzene rings is 3. The Morgan fingerprint density at radius 1 is 0.953 bits per heavy atom. The van der Waals surface area contributed by atoms with Gasteiger partial charge in [-0.1, -0.05) is 66.7 Å². The first-order chi connectivity index (χ1) is 20.4. The van der Waals surface area contributed by atoms with Crippen molar-refractivity contribution in [2.75, 3.05) is 6.26 Å². The van der Waals surface area contributed by atoms with Crippen LogP contribution in [0.1, 0.15) is 55.5 Å². The van der Waals surface area contributed by atoms with E-state index in [2.05, 4.69) is 10.6 Å². The number of ether oxygens (including phenoxy) is 1. The third-order valence-corrected chi connectivity index (χ3v) is 8.54. The number of aliphatic hydroxyl groups is 2. The van der Waals surface area contributed by atoms with Crippen LogP contribution in [0.2, 0.25) is 0 Å². The lowest BCUT2D eigenvalue weighted by atomic mass is 9.88. The first kappa shape index (κ1) is 32.4. The molecule has 0 heterocycles. The Balaban J connectivity index is 1.58. The van der Waals surface area contributed by atoms with Gasteiger partial charge in [0.2, 0.25) is 5.91 Å². The predicted octanol–water partition coefficient (Wildman–Crippen LogP) is 4.24. The van der Waals surface area contributed by atoms with E-state index >= 15 is 0 Å². The highest BCUT2D eigenvalue weighted by atomic mass is 32.2. The van der Waals surface area contributed by atoms with Crippen LogP contribution >= 0.6 is 0 Å². The van der Waals surface area contributed by atoms with Crippen molar-refractivity contribution < 1.29 is 28.7 Å². The number of nitrogens with one attached hydrogen (secondary N) is 2. The Hall–Kier alpha value is -3.53.